The summed E-state index contributed by atoms with van der Waals surface area (Å²) in [4.78, 5) is 0. The van der Waals surface area contributed by atoms with E-state index in [2.05, 4.69) is 11.8 Å². The summed E-state index contributed by atoms with van der Waals surface area (Å²) in [5, 5.41) is 1.42. The zero-order valence-electron chi connectivity index (χ0n) is 7.93. The van der Waals surface area contributed by atoms with Gasteiger partial charge in [-0.1, -0.05) is 36.1 Å². The van der Waals surface area contributed by atoms with Crippen molar-refractivity contribution in [1.29, 1.82) is 0 Å². The van der Waals surface area contributed by atoms with Gasteiger partial charge in [0.2, 0.25) is 0 Å². The molecule has 0 fully saturated rings. The number of rotatable bonds is 0. The molecule has 15 heavy (non-hydrogen) atoms. The van der Waals surface area contributed by atoms with Gasteiger partial charge in [0.25, 0.3) is 0 Å². The maximum absolute atomic E-state index is 13.4. The third kappa shape index (κ3) is 1.95. The largest absolute Gasteiger partial charge is 0.206 e. The van der Waals surface area contributed by atoms with Gasteiger partial charge in [-0.15, -0.1) is 11.6 Å². The Labute approximate surface area is 92.7 Å². The van der Waals surface area contributed by atoms with Crippen LogP contribution in [-0.2, 0) is 0 Å². The van der Waals surface area contributed by atoms with Crippen molar-refractivity contribution in [3.8, 4) is 11.8 Å². The number of halogens is 2. The Kier molecular flexibility index (Phi) is 2.89. The number of alkyl halides is 1. The Morgan fingerprint density at radius 3 is 2.53 bits per heavy atom. The highest BCUT2D eigenvalue weighted by molar-refractivity contribution is 6.19. The van der Waals surface area contributed by atoms with Gasteiger partial charge in [0.15, 0.2) is 0 Å². The Morgan fingerprint density at radius 1 is 1.07 bits per heavy atom. The molecule has 2 rings (SSSR count). The zero-order chi connectivity index (χ0) is 10.7. The Morgan fingerprint density at radius 2 is 1.80 bits per heavy atom. The third-order valence-corrected chi connectivity index (χ3v) is 2.29. The molecule has 0 N–H and O–H groups in total. The molecule has 0 aliphatic carbocycles. The van der Waals surface area contributed by atoms with Crippen molar-refractivity contribution in [2.75, 3.05) is 5.88 Å². The fourth-order valence-corrected chi connectivity index (χ4v) is 1.57. The van der Waals surface area contributed by atoms with E-state index in [4.69, 9.17) is 11.6 Å². The van der Waals surface area contributed by atoms with Crippen LogP contribution in [0.3, 0.4) is 0 Å². The summed E-state index contributed by atoms with van der Waals surface area (Å²) < 4.78 is 13.4. The van der Waals surface area contributed by atoms with Crippen LogP contribution in [0, 0.1) is 17.7 Å². The highest BCUT2D eigenvalue weighted by atomic mass is 35.5. The van der Waals surface area contributed by atoms with Crippen LogP contribution in [0.5, 0.6) is 0 Å². The van der Waals surface area contributed by atoms with Gasteiger partial charge in [0, 0.05) is 16.3 Å². The summed E-state index contributed by atoms with van der Waals surface area (Å²) in [5.74, 6) is 5.75. The molecule has 2 aromatic carbocycles. The first kappa shape index (κ1) is 10.0. The van der Waals surface area contributed by atoms with Crippen LogP contribution in [0.2, 0.25) is 0 Å². The minimum absolute atomic E-state index is 0.220. The summed E-state index contributed by atoms with van der Waals surface area (Å²) in [6, 6.07) is 10.4. The molecule has 0 amide bonds. The van der Waals surface area contributed by atoms with Gasteiger partial charge in [-0.3, -0.25) is 0 Å². The maximum atomic E-state index is 13.4. The minimum atomic E-state index is -0.220. The van der Waals surface area contributed by atoms with Crippen LogP contribution in [0.15, 0.2) is 36.4 Å². The van der Waals surface area contributed by atoms with Gasteiger partial charge in [-0.25, -0.2) is 4.39 Å². The van der Waals surface area contributed by atoms with E-state index in [1.54, 1.807) is 12.1 Å². The summed E-state index contributed by atoms with van der Waals surface area (Å²) in [6.45, 7) is 0. The summed E-state index contributed by atoms with van der Waals surface area (Å²) in [5.41, 5.74) is 0.813. The summed E-state index contributed by atoms with van der Waals surface area (Å²) >= 11 is 5.49. The van der Waals surface area contributed by atoms with Crippen molar-refractivity contribution in [3.63, 3.8) is 0 Å². The van der Waals surface area contributed by atoms with Gasteiger partial charge in [-0.2, -0.15) is 0 Å². The molecular weight excluding hydrogens is 211 g/mol. The first-order chi connectivity index (χ1) is 7.33. The third-order valence-electron chi connectivity index (χ3n) is 2.16. The van der Waals surface area contributed by atoms with Crippen LogP contribution in [0.1, 0.15) is 5.56 Å². The van der Waals surface area contributed by atoms with E-state index in [1.807, 2.05) is 18.2 Å². The second kappa shape index (κ2) is 4.33. The summed E-state index contributed by atoms with van der Waals surface area (Å²) in [6.07, 6.45) is 0. The SMILES string of the molecule is Fc1ccc(C#CCCl)c2ccccc12. The van der Waals surface area contributed by atoms with E-state index >= 15 is 0 Å². The standard InChI is InChI=1S/C13H8ClF/c14-9-3-4-10-7-8-13(15)12-6-2-1-5-11(10)12/h1-2,5-8H,9H2. The van der Waals surface area contributed by atoms with Crippen LogP contribution in [-0.4, -0.2) is 5.88 Å². The van der Waals surface area contributed by atoms with Crippen LogP contribution < -0.4 is 0 Å². The van der Waals surface area contributed by atoms with Crippen molar-refractivity contribution < 1.29 is 4.39 Å². The fraction of sp³-hybridized carbons (Fsp3) is 0.0769. The lowest BCUT2D eigenvalue weighted by molar-refractivity contribution is 0.640. The van der Waals surface area contributed by atoms with Gasteiger partial charge in [0.05, 0.1) is 5.88 Å². The first-order valence-corrected chi connectivity index (χ1v) is 5.08. The van der Waals surface area contributed by atoms with Crippen molar-refractivity contribution in [3.05, 3.63) is 47.8 Å². The molecule has 0 unspecified atom stereocenters. The van der Waals surface area contributed by atoms with Crippen molar-refractivity contribution in [2.45, 2.75) is 0 Å². The van der Waals surface area contributed by atoms with Crippen LogP contribution >= 0.6 is 11.6 Å². The molecule has 0 bridgehead atoms. The predicted octanol–water partition coefficient (Wildman–Crippen LogP) is 3.57. The van der Waals surface area contributed by atoms with Crippen LogP contribution in [0.25, 0.3) is 10.8 Å². The van der Waals surface area contributed by atoms with Gasteiger partial charge < -0.3 is 0 Å². The lowest BCUT2D eigenvalue weighted by atomic mass is 10.0. The zero-order valence-corrected chi connectivity index (χ0v) is 8.68. The normalized spacial score (nSPS) is 9.73. The summed E-state index contributed by atoms with van der Waals surface area (Å²) in [7, 11) is 0. The smallest absolute Gasteiger partial charge is 0.131 e. The molecule has 0 saturated carbocycles. The second-order valence-corrected chi connectivity index (χ2v) is 3.34. The average Bonchev–Trinajstić information content (AvgIpc) is 2.29. The number of hydrogen-bond donors (Lipinski definition) is 0. The van der Waals surface area contributed by atoms with E-state index < -0.39 is 0 Å². The molecule has 0 aromatic heterocycles. The highest BCUT2D eigenvalue weighted by Crippen LogP contribution is 2.20. The number of hydrogen-bond acceptors (Lipinski definition) is 0. The molecule has 2 aromatic rings. The molecule has 0 heterocycles. The molecule has 0 aliphatic heterocycles. The van der Waals surface area contributed by atoms with Gasteiger partial charge in [-0.05, 0) is 12.1 Å². The Bertz CT molecular complexity index is 549. The molecule has 0 aliphatic rings. The van der Waals surface area contributed by atoms with Crippen molar-refractivity contribution in [1.82, 2.24) is 0 Å². The van der Waals surface area contributed by atoms with E-state index in [0.717, 1.165) is 10.9 Å². The molecule has 0 atom stereocenters. The molecule has 2 heteroatoms. The van der Waals surface area contributed by atoms with E-state index in [1.165, 1.54) is 6.07 Å². The van der Waals surface area contributed by atoms with Crippen LogP contribution in [0.4, 0.5) is 4.39 Å². The molecular formula is C13H8ClF. The highest BCUT2D eigenvalue weighted by Gasteiger charge is 2.02. The van der Waals surface area contributed by atoms with Gasteiger partial charge in [0.1, 0.15) is 5.82 Å². The van der Waals surface area contributed by atoms with E-state index in [0.29, 0.717) is 5.39 Å². The lowest BCUT2D eigenvalue weighted by Gasteiger charge is -2.01. The van der Waals surface area contributed by atoms with Crippen molar-refractivity contribution >= 4 is 22.4 Å². The van der Waals surface area contributed by atoms with E-state index in [-0.39, 0.29) is 11.7 Å². The molecule has 0 radical (unpaired) electrons. The minimum Gasteiger partial charge on any atom is -0.206 e. The average molecular weight is 219 g/mol. The Hall–Kier alpha value is -1.52. The number of fused-ring (bicyclic) bond motifs is 1. The van der Waals surface area contributed by atoms with Crippen molar-refractivity contribution in [2.24, 2.45) is 0 Å². The molecule has 74 valence electrons. The first-order valence-electron chi connectivity index (χ1n) is 4.55. The van der Waals surface area contributed by atoms with E-state index in [9.17, 15) is 4.39 Å². The molecule has 0 saturated heterocycles. The maximum Gasteiger partial charge on any atom is 0.131 e. The molecule has 0 spiro atoms. The topological polar surface area (TPSA) is 0 Å². The fourth-order valence-electron chi connectivity index (χ4n) is 1.50. The lowest BCUT2D eigenvalue weighted by Crippen LogP contribution is -1.84. The predicted molar refractivity (Wildman–Crippen MR) is 61.5 cm³/mol. The Balaban J connectivity index is 2.72. The quantitative estimate of drug-likeness (QED) is 0.469. The molecule has 0 nitrogen and oxygen atoms in total. The van der Waals surface area contributed by atoms with Gasteiger partial charge >= 0.3 is 0 Å². The monoisotopic (exact) mass is 218 g/mol. The second-order valence-electron chi connectivity index (χ2n) is 3.08. The number of benzene rings is 2.